The molecule has 0 aromatic heterocycles. The Morgan fingerprint density at radius 1 is 1.57 bits per heavy atom. The smallest absolute Gasteiger partial charge is 0.220 e. The molecule has 0 aromatic rings. The molecule has 4 heteroatoms. The molecular weight excluding hydrogens is 244 g/mol. The van der Waals surface area contributed by atoms with E-state index in [4.69, 9.17) is 0 Å². The zero-order chi connectivity index (χ0) is 10.4. The predicted octanol–water partition coefficient (Wildman–Crippen LogP) is 1.37. The molecule has 1 fully saturated rings. The molecule has 1 aliphatic heterocycles. The number of hydrogen-bond acceptors (Lipinski definition) is 2. The molecule has 1 saturated heterocycles. The van der Waals surface area contributed by atoms with Crippen molar-refractivity contribution in [1.29, 1.82) is 0 Å². The normalized spacial score (nSPS) is 22.6. The molecule has 1 rings (SSSR count). The van der Waals surface area contributed by atoms with Crippen molar-refractivity contribution in [2.75, 3.05) is 25.5 Å². The Morgan fingerprint density at radius 2 is 2.36 bits per heavy atom. The second-order valence-electron chi connectivity index (χ2n) is 3.96. The quantitative estimate of drug-likeness (QED) is 0.600. The molecule has 0 spiro atoms. The predicted molar refractivity (Wildman–Crippen MR) is 61.7 cm³/mol. The first kappa shape index (κ1) is 12.0. The molecule has 1 amide bonds. The van der Waals surface area contributed by atoms with Crippen molar-refractivity contribution < 1.29 is 4.79 Å². The van der Waals surface area contributed by atoms with Gasteiger partial charge in [0.1, 0.15) is 0 Å². The Hall–Kier alpha value is -0.0900. The number of carbonyl (C=O) groups excluding carboxylic acids is 1. The van der Waals surface area contributed by atoms with Gasteiger partial charge in [0.05, 0.1) is 0 Å². The molecule has 1 aliphatic rings. The highest BCUT2D eigenvalue weighted by molar-refractivity contribution is 9.09. The number of likely N-dealkylation sites (N-methyl/N-ethyl adjacent to an activating group) is 1. The molecule has 0 saturated carbocycles. The number of nitrogens with zero attached hydrogens (tertiary/aromatic N) is 1. The van der Waals surface area contributed by atoms with Gasteiger partial charge in [-0.2, -0.15) is 0 Å². The van der Waals surface area contributed by atoms with Gasteiger partial charge >= 0.3 is 0 Å². The maximum Gasteiger partial charge on any atom is 0.220 e. The first-order valence-corrected chi connectivity index (χ1v) is 6.38. The Morgan fingerprint density at radius 3 is 2.93 bits per heavy atom. The summed E-state index contributed by atoms with van der Waals surface area (Å²) < 4.78 is 0. The summed E-state index contributed by atoms with van der Waals surface area (Å²) in [6.45, 7) is 2.11. The van der Waals surface area contributed by atoms with Crippen molar-refractivity contribution >= 4 is 21.8 Å². The van der Waals surface area contributed by atoms with Crippen LogP contribution in [0.1, 0.15) is 25.7 Å². The van der Waals surface area contributed by atoms with E-state index < -0.39 is 0 Å². The fourth-order valence-electron chi connectivity index (χ4n) is 1.73. The minimum Gasteiger partial charge on any atom is -0.352 e. The van der Waals surface area contributed by atoms with Gasteiger partial charge < -0.3 is 10.2 Å². The average molecular weight is 263 g/mol. The van der Waals surface area contributed by atoms with E-state index in [-0.39, 0.29) is 5.91 Å². The van der Waals surface area contributed by atoms with Crippen LogP contribution in [-0.4, -0.2) is 42.3 Å². The monoisotopic (exact) mass is 262 g/mol. The second kappa shape index (κ2) is 6.40. The number of hydrogen-bond donors (Lipinski definition) is 1. The summed E-state index contributed by atoms with van der Waals surface area (Å²) >= 11 is 3.36. The lowest BCUT2D eigenvalue weighted by molar-refractivity contribution is -0.121. The van der Waals surface area contributed by atoms with E-state index in [2.05, 4.69) is 33.2 Å². The number of rotatable bonds is 5. The van der Waals surface area contributed by atoms with Gasteiger partial charge in [-0.05, 0) is 32.9 Å². The van der Waals surface area contributed by atoms with Gasteiger partial charge in [0.2, 0.25) is 5.91 Å². The Labute approximate surface area is 94.4 Å². The fraction of sp³-hybridized carbons (Fsp3) is 0.900. The van der Waals surface area contributed by atoms with Crippen molar-refractivity contribution in [3.05, 3.63) is 0 Å². The topological polar surface area (TPSA) is 32.3 Å². The van der Waals surface area contributed by atoms with E-state index in [1.54, 1.807) is 0 Å². The van der Waals surface area contributed by atoms with Gasteiger partial charge in [0, 0.05) is 24.3 Å². The molecule has 3 nitrogen and oxygen atoms in total. The zero-order valence-corrected chi connectivity index (χ0v) is 10.3. The van der Waals surface area contributed by atoms with Crippen LogP contribution in [0.2, 0.25) is 0 Å². The fourth-order valence-corrected chi connectivity index (χ4v) is 2.13. The molecule has 0 radical (unpaired) electrons. The van der Waals surface area contributed by atoms with Gasteiger partial charge in [-0.3, -0.25) is 4.79 Å². The summed E-state index contributed by atoms with van der Waals surface area (Å²) in [4.78, 5) is 13.7. The third-order valence-electron chi connectivity index (χ3n) is 2.54. The van der Waals surface area contributed by atoms with Crippen molar-refractivity contribution in [2.45, 2.75) is 31.7 Å². The Kier molecular flexibility index (Phi) is 5.48. The molecule has 14 heavy (non-hydrogen) atoms. The Balaban J connectivity index is 2.08. The van der Waals surface area contributed by atoms with Crippen LogP contribution in [0.25, 0.3) is 0 Å². The average Bonchev–Trinajstić information content (AvgIpc) is 2.52. The number of unbranched alkanes of at least 4 members (excludes halogenated alkanes) is 1. The molecule has 82 valence electrons. The molecule has 1 atom stereocenters. The standard InChI is InChI=1S/C10H19BrN2O/c1-13-7-5-9(8-13)12-10(14)4-2-3-6-11/h9H,2-8H2,1H3,(H,12,14). The van der Waals surface area contributed by atoms with Gasteiger partial charge in [-0.25, -0.2) is 0 Å². The van der Waals surface area contributed by atoms with Gasteiger partial charge in [0.15, 0.2) is 0 Å². The van der Waals surface area contributed by atoms with E-state index in [0.717, 1.165) is 37.7 Å². The minimum absolute atomic E-state index is 0.214. The van der Waals surface area contributed by atoms with Crippen LogP contribution in [-0.2, 0) is 4.79 Å². The number of nitrogens with one attached hydrogen (secondary N) is 1. The molecule has 1 unspecified atom stereocenters. The number of halogens is 1. The summed E-state index contributed by atoms with van der Waals surface area (Å²) in [5, 5.41) is 4.06. The highest BCUT2D eigenvalue weighted by Crippen LogP contribution is 2.07. The third kappa shape index (κ3) is 4.42. The summed E-state index contributed by atoms with van der Waals surface area (Å²) in [6, 6.07) is 0.386. The van der Waals surface area contributed by atoms with Crippen LogP contribution in [0.15, 0.2) is 0 Å². The Bertz CT molecular complexity index is 187. The number of likely N-dealkylation sites (tertiary alicyclic amines) is 1. The molecule has 0 bridgehead atoms. The largest absolute Gasteiger partial charge is 0.352 e. The van der Waals surface area contributed by atoms with Crippen molar-refractivity contribution in [1.82, 2.24) is 10.2 Å². The van der Waals surface area contributed by atoms with Crippen molar-refractivity contribution in [3.8, 4) is 0 Å². The maximum absolute atomic E-state index is 11.4. The van der Waals surface area contributed by atoms with E-state index in [1.807, 2.05) is 0 Å². The van der Waals surface area contributed by atoms with E-state index in [1.165, 1.54) is 0 Å². The SMILES string of the molecule is CN1CCC(NC(=O)CCCCBr)C1. The molecule has 1 N–H and O–H groups in total. The lowest BCUT2D eigenvalue weighted by Crippen LogP contribution is -2.36. The van der Waals surface area contributed by atoms with Crippen LogP contribution in [0.5, 0.6) is 0 Å². The van der Waals surface area contributed by atoms with Gasteiger partial charge in [-0.1, -0.05) is 15.9 Å². The summed E-state index contributed by atoms with van der Waals surface area (Å²) in [6.07, 6.45) is 3.84. The highest BCUT2D eigenvalue weighted by Gasteiger charge is 2.20. The number of carbonyl (C=O) groups is 1. The summed E-state index contributed by atoms with van der Waals surface area (Å²) in [7, 11) is 2.09. The molecular formula is C10H19BrN2O. The van der Waals surface area contributed by atoms with Gasteiger partial charge in [0.25, 0.3) is 0 Å². The lowest BCUT2D eigenvalue weighted by Gasteiger charge is -2.12. The van der Waals surface area contributed by atoms with Crippen molar-refractivity contribution in [2.24, 2.45) is 0 Å². The first-order chi connectivity index (χ1) is 6.72. The van der Waals surface area contributed by atoms with Crippen LogP contribution in [0, 0.1) is 0 Å². The molecule has 1 heterocycles. The van der Waals surface area contributed by atoms with Crippen LogP contribution < -0.4 is 5.32 Å². The van der Waals surface area contributed by atoms with Gasteiger partial charge in [-0.15, -0.1) is 0 Å². The van der Waals surface area contributed by atoms with E-state index in [9.17, 15) is 4.79 Å². The number of alkyl halides is 1. The maximum atomic E-state index is 11.4. The zero-order valence-electron chi connectivity index (χ0n) is 8.76. The minimum atomic E-state index is 0.214. The summed E-state index contributed by atoms with van der Waals surface area (Å²) in [5.41, 5.74) is 0. The van der Waals surface area contributed by atoms with E-state index in [0.29, 0.717) is 12.5 Å². The molecule has 0 aliphatic carbocycles. The van der Waals surface area contributed by atoms with E-state index >= 15 is 0 Å². The summed E-state index contributed by atoms with van der Waals surface area (Å²) in [5.74, 6) is 0.214. The van der Waals surface area contributed by atoms with Crippen LogP contribution in [0.4, 0.5) is 0 Å². The first-order valence-electron chi connectivity index (χ1n) is 5.26. The van der Waals surface area contributed by atoms with Crippen LogP contribution in [0.3, 0.4) is 0 Å². The van der Waals surface area contributed by atoms with Crippen molar-refractivity contribution in [3.63, 3.8) is 0 Å². The highest BCUT2D eigenvalue weighted by atomic mass is 79.9. The second-order valence-corrected chi connectivity index (χ2v) is 4.75. The third-order valence-corrected chi connectivity index (χ3v) is 3.10. The number of amides is 1. The van der Waals surface area contributed by atoms with Crippen LogP contribution >= 0.6 is 15.9 Å². The lowest BCUT2D eigenvalue weighted by atomic mass is 10.2. The molecule has 0 aromatic carbocycles.